The predicted molar refractivity (Wildman–Crippen MR) is 124 cm³/mol. The second-order valence-corrected chi connectivity index (χ2v) is 11.2. The summed E-state index contributed by atoms with van der Waals surface area (Å²) < 4.78 is 0. The molecule has 0 aromatic heterocycles. The van der Waals surface area contributed by atoms with Crippen LogP contribution in [0.25, 0.3) is 0 Å². The van der Waals surface area contributed by atoms with Crippen LogP contribution in [0.3, 0.4) is 0 Å². The van der Waals surface area contributed by atoms with E-state index in [0.717, 1.165) is 24.0 Å². The van der Waals surface area contributed by atoms with Crippen LogP contribution in [0.1, 0.15) is 85.5 Å². The van der Waals surface area contributed by atoms with Gasteiger partial charge >= 0.3 is 0 Å². The van der Waals surface area contributed by atoms with Crippen molar-refractivity contribution in [3.63, 3.8) is 0 Å². The van der Waals surface area contributed by atoms with Crippen LogP contribution < -0.4 is 0 Å². The third-order valence-electron chi connectivity index (χ3n) is 8.50. The number of aliphatic hydroxyl groups is 3. The molecule has 3 aliphatic rings. The monoisotopic (exact) mass is 430 g/mol. The number of hydrogen-bond acceptors (Lipinski definition) is 4. The molecular formula is C27H42O4. The van der Waals surface area contributed by atoms with E-state index in [2.05, 4.69) is 32.6 Å². The van der Waals surface area contributed by atoms with Crippen LogP contribution in [0.5, 0.6) is 0 Å². The summed E-state index contributed by atoms with van der Waals surface area (Å²) in [4.78, 5) is 12.2. The largest absolute Gasteiger partial charge is 0.393 e. The second kappa shape index (κ2) is 9.33. The van der Waals surface area contributed by atoms with E-state index in [1.54, 1.807) is 13.8 Å². The topological polar surface area (TPSA) is 77.8 Å². The molecule has 0 saturated heterocycles. The Hall–Kier alpha value is -1.23. The number of fused-ring (bicyclic) bond motifs is 1. The molecule has 4 nitrogen and oxygen atoms in total. The summed E-state index contributed by atoms with van der Waals surface area (Å²) in [5.41, 5.74) is 2.23. The standard InChI is InChI=1S/C27H42O4/c1-17(8-13-25(30)26(3,4)31)22-11-12-23-19(7-6-14-27(22,23)5)9-10-20-15-21(28)16-24(29)18(20)2/h9-10,17,21-24,28-29,31H,2,6-8,11-16H2,1,3-5H3/b19-9+,20-10-/t17-,21+,22?,23?,24-,27+/m0/s1. The highest BCUT2D eigenvalue weighted by molar-refractivity contribution is 5.86. The van der Waals surface area contributed by atoms with E-state index in [1.807, 2.05) is 0 Å². The molecule has 0 bridgehead atoms. The Labute approximate surface area is 188 Å². The number of ketones is 1. The third-order valence-corrected chi connectivity index (χ3v) is 8.50. The molecule has 0 spiro atoms. The average molecular weight is 431 g/mol. The van der Waals surface area contributed by atoms with Crippen LogP contribution in [0.4, 0.5) is 0 Å². The van der Waals surface area contributed by atoms with Gasteiger partial charge in [-0.05, 0) is 93.1 Å². The highest BCUT2D eigenvalue weighted by atomic mass is 16.3. The number of rotatable bonds is 6. The Morgan fingerprint density at radius 1 is 1.29 bits per heavy atom. The fraction of sp³-hybridized carbons (Fsp3) is 0.741. The van der Waals surface area contributed by atoms with Crippen molar-refractivity contribution in [1.29, 1.82) is 0 Å². The molecule has 0 aromatic rings. The van der Waals surface area contributed by atoms with Gasteiger partial charge in [0.25, 0.3) is 0 Å². The van der Waals surface area contributed by atoms with Crippen molar-refractivity contribution in [2.45, 2.75) is 103 Å². The molecule has 3 N–H and O–H groups in total. The van der Waals surface area contributed by atoms with Crippen LogP contribution in [-0.2, 0) is 4.79 Å². The van der Waals surface area contributed by atoms with Gasteiger partial charge in [-0.25, -0.2) is 0 Å². The Bertz CT molecular complexity index is 756. The lowest BCUT2D eigenvalue weighted by molar-refractivity contribution is -0.134. The van der Waals surface area contributed by atoms with Crippen molar-refractivity contribution in [2.75, 3.05) is 0 Å². The summed E-state index contributed by atoms with van der Waals surface area (Å²) in [6.45, 7) is 11.9. The minimum atomic E-state index is -1.24. The molecule has 3 saturated carbocycles. The minimum absolute atomic E-state index is 0.0630. The lowest BCUT2D eigenvalue weighted by atomic mass is 9.60. The maximum atomic E-state index is 12.2. The molecule has 3 aliphatic carbocycles. The van der Waals surface area contributed by atoms with Crippen LogP contribution in [-0.4, -0.2) is 38.9 Å². The number of carbonyl (C=O) groups is 1. The van der Waals surface area contributed by atoms with Crippen LogP contribution in [0.2, 0.25) is 0 Å². The van der Waals surface area contributed by atoms with E-state index in [0.29, 0.717) is 37.0 Å². The maximum absolute atomic E-state index is 12.2. The molecule has 174 valence electrons. The first-order chi connectivity index (χ1) is 14.4. The highest BCUT2D eigenvalue weighted by Crippen LogP contribution is 2.59. The second-order valence-electron chi connectivity index (χ2n) is 11.2. The van der Waals surface area contributed by atoms with Gasteiger partial charge in [-0.1, -0.05) is 38.2 Å². The van der Waals surface area contributed by atoms with E-state index < -0.39 is 17.8 Å². The van der Waals surface area contributed by atoms with Crippen molar-refractivity contribution in [3.8, 4) is 0 Å². The zero-order chi connectivity index (χ0) is 23.0. The molecule has 31 heavy (non-hydrogen) atoms. The molecule has 3 rings (SSSR count). The number of carbonyl (C=O) groups excluding carboxylic acids is 1. The van der Waals surface area contributed by atoms with Gasteiger partial charge in [0.05, 0.1) is 12.2 Å². The average Bonchev–Trinajstić information content (AvgIpc) is 3.04. The molecule has 0 radical (unpaired) electrons. The Morgan fingerprint density at radius 3 is 2.68 bits per heavy atom. The Morgan fingerprint density at radius 2 is 2.00 bits per heavy atom. The van der Waals surface area contributed by atoms with Gasteiger partial charge in [-0.3, -0.25) is 4.79 Å². The van der Waals surface area contributed by atoms with Crippen molar-refractivity contribution < 1.29 is 20.1 Å². The zero-order valence-electron chi connectivity index (χ0n) is 19.9. The molecule has 0 heterocycles. The Kier molecular flexibility index (Phi) is 7.35. The summed E-state index contributed by atoms with van der Waals surface area (Å²) in [6.07, 6.45) is 11.3. The van der Waals surface area contributed by atoms with E-state index >= 15 is 0 Å². The minimum Gasteiger partial charge on any atom is -0.393 e. The quantitative estimate of drug-likeness (QED) is 0.561. The molecular weight excluding hydrogens is 388 g/mol. The van der Waals surface area contributed by atoms with Crippen molar-refractivity contribution in [2.24, 2.45) is 23.2 Å². The van der Waals surface area contributed by atoms with Crippen molar-refractivity contribution in [1.82, 2.24) is 0 Å². The zero-order valence-corrected chi connectivity index (χ0v) is 19.9. The van der Waals surface area contributed by atoms with Gasteiger partial charge in [0.15, 0.2) is 5.78 Å². The molecule has 6 atom stereocenters. The van der Waals surface area contributed by atoms with Gasteiger partial charge in [0.2, 0.25) is 0 Å². The maximum Gasteiger partial charge on any atom is 0.163 e. The first kappa shape index (κ1) is 24.4. The molecule has 4 heteroatoms. The van der Waals surface area contributed by atoms with Crippen LogP contribution in [0.15, 0.2) is 35.5 Å². The summed E-state index contributed by atoms with van der Waals surface area (Å²) in [6, 6.07) is 0. The molecule has 3 fully saturated rings. The SMILES string of the molecule is C=C1/C(=C\C=C2/CCC[C@@]3(C)C2CCC3[C@@H](C)CCC(=O)C(C)(C)O)C[C@@H](O)C[C@@H]1O. The van der Waals surface area contributed by atoms with Crippen molar-refractivity contribution in [3.05, 3.63) is 35.5 Å². The number of Topliss-reactive ketones (excluding diaryl/α,β-unsaturated/α-hetero) is 1. The van der Waals surface area contributed by atoms with Gasteiger partial charge in [-0.2, -0.15) is 0 Å². The van der Waals surface area contributed by atoms with Crippen molar-refractivity contribution >= 4 is 5.78 Å². The lowest BCUT2D eigenvalue weighted by Gasteiger charge is -2.44. The lowest BCUT2D eigenvalue weighted by Crippen LogP contribution is -2.36. The van der Waals surface area contributed by atoms with E-state index in [-0.39, 0.29) is 11.2 Å². The first-order valence-electron chi connectivity index (χ1n) is 12.1. The summed E-state index contributed by atoms with van der Waals surface area (Å²) in [5.74, 6) is 1.55. The fourth-order valence-electron chi connectivity index (χ4n) is 6.55. The van der Waals surface area contributed by atoms with E-state index in [4.69, 9.17) is 0 Å². The van der Waals surface area contributed by atoms with Gasteiger partial charge in [0.1, 0.15) is 5.60 Å². The summed E-state index contributed by atoms with van der Waals surface area (Å²) >= 11 is 0. The highest BCUT2D eigenvalue weighted by Gasteiger charge is 2.50. The molecule has 2 unspecified atom stereocenters. The third kappa shape index (κ3) is 5.23. The normalized spacial score (nSPS) is 37.8. The van der Waals surface area contributed by atoms with Crippen LogP contribution in [0, 0.1) is 23.2 Å². The molecule has 0 aliphatic heterocycles. The predicted octanol–water partition coefficient (Wildman–Crippen LogP) is 4.88. The number of aliphatic hydroxyl groups excluding tert-OH is 2. The summed E-state index contributed by atoms with van der Waals surface area (Å²) in [5, 5.41) is 30.1. The van der Waals surface area contributed by atoms with Gasteiger partial charge in [-0.15, -0.1) is 0 Å². The smallest absolute Gasteiger partial charge is 0.163 e. The van der Waals surface area contributed by atoms with Gasteiger partial charge < -0.3 is 15.3 Å². The molecule has 0 amide bonds. The number of hydrogen-bond donors (Lipinski definition) is 3. The number of allylic oxidation sites excluding steroid dienone is 3. The fourth-order valence-corrected chi connectivity index (χ4v) is 6.55. The van der Waals surface area contributed by atoms with E-state index in [1.165, 1.54) is 31.3 Å². The van der Waals surface area contributed by atoms with E-state index in [9.17, 15) is 20.1 Å². The summed E-state index contributed by atoms with van der Waals surface area (Å²) in [7, 11) is 0. The Balaban J connectivity index is 1.72. The molecule has 0 aromatic carbocycles. The van der Waals surface area contributed by atoms with Gasteiger partial charge in [0, 0.05) is 12.8 Å². The van der Waals surface area contributed by atoms with Crippen LogP contribution >= 0.6 is 0 Å². The first-order valence-corrected chi connectivity index (χ1v) is 12.1.